The average molecular weight is 322 g/mol. The maximum Gasteiger partial charge on any atom is 0.228 e. The minimum absolute atomic E-state index is 0.0571. The van der Waals surface area contributed by atoms with Gasteiger partial charge in [-0.2, -0.15) is 0 Å². The molecular formula is C20H22N2O2. The molecule has 4 heteroatoms. The van der Waals surface area contributed by atoms with Gasteiger partial charge in [-0.05, 0) is 30.7 Å². The summed E-state index contributed by atoms with van der Waals surface area (Å²) in [5, 5.41) is 2.19. The lowest BCUT2D eigenvalue weighted by Crippen LogP contribution is -2.40. The molecule has 0 aromatic heterocycles. The van der Waals surface area contributed by atoms with E-state index in [2.05, 4.69) is 12.1 Å². The highest BCUT2D eigenvalue weighted by Gasteiger charge is 2.37. The standard InChI is InChI=1S/C20H22N2O2/c23-19-13-16(20(24)21-11-4-1-5-12-21)14-22(19)18-10-6-8-15-7-2-3-9-17(15)18/h2-3,6-10,16H,1,4-5,11-14H2/t16-/m0/s1. The third kappa shape index (κ3) is 2.66. The number of piperidine rings is 1. The molecule has 0 saturated carbocycles. The molecule has 2 aliphatic heterocycles. The smallest absolute Gasteiger partial charge is 0.228 e. The fourth-order valence-electron chi connectivity index (χ4n) is 3.92. The number of carbonyl (C=O) groups excluding carboxylic acids is 2. The van der Waals surface area contributed by atoms with Gasteiger partial charge in [0.1, 0.15) is 0 Å². The first-order chi connectivity index (χ1) is 11.7. The number of hydrogen-bond donors (Lipinski definition) is 0. The lowest BCUT2D eigenvalue weighted by Gasteiger charge is -2.29. The molecule has 0 aliphatic carbocycles. The molecule has 2 heterocycles. The van der Waals surface area contributed by atoms with Gasteiger partial charge in [-0.25, -0.2) is 0 Å². The second-order valence-corrected chi connectivity index (χ2v) is 6.79. The fraction of sp³-hybridized carbons (Fsp3) is 0.400. The fourth-order valence-corrected chi connectivity index (χ4v) is 3.92. The molecule has 2 amide bonds. The van der Waals surface area contributed by atoms with Crippen molar-refractivity contribution in [2.45, 2.75) is 25.7 Å². The van der Waals surface area contributed by atoms with E-state index in [9.17, 15) is 9.59 Å². The number of anilines is 1. The molecule has 0 spiro atoms. The second kappa shape index (κ2) is 6.27. The van der Waals surface area contributed by atoms with Crippen LogP contribution in [0.1, 0.15) is 25.7 Å². The van der Waals surface area contributed by atoms with Gasteiger partial charge in [-0.3, -0.25) is 9.59 Å². The first-order valence-corrected chi connectivity index (χ1v) is 8.81. The predicted molar refractivity (Wildman–Crippen MR) is 94.8 cm³/mol. The summed E-state index contributed by atoms with van der Waals surface area (Å²) in [5.41, 5.74) is 0.923. The van der Waals surface area contributed by atoms with Crippen LogP contribution in [0.5, 0.6) is 0 Å². The van der Waals surface area contributed by atoms with E-state index in [-0.39, 0.29) is 17.7 Å². The van der Waals surface area contributed by atoms with Crippen molar-refractivity contribution in [1.29, 1.82) is 0 Å². The van der Waals surface area contributed by atoms with Crippen molar-refractivity contribution in [1.82, 2.24) is 4.90 Å². The van der Waals surface area contributed by atoms with Crippen LogP contribution >= 0.6 is 0 Å². The molecular weight excluding hydrogens is 300 g/mol. The van der Waals surface area contributed by atoms with Crippen molar-refractivity contribution in [2.24, 2.45) is 5.92 Å². The van der Waals surface area contributed by atoms with Crippen LogP contribution in [-0.4, -0.2) is 36.3 Å². The number of rotatable bonds is 2. The molecule has 0 bridgehead atoms. The van der Waals surface area contributed by atoms with E-state index in [1.807, 2.05) is 35.2 Å². The molecule has 24 heavy (non-hydrogen) atoms. The van der Waals surface area contributed by atoms with Gasteiger partial charge in [0.05, 0.1) is 11.6 Å². The second-order valence-electron chi connectivity index (χ2n) is 6.79. The molecule has 2 aliphatic rings. The summed E-state index contributed by atoms with van der Waals surface area (Å²) in [6.07, 6.45) is 3.70. The van der Waals surface area contributed by atoms with E-state index in [1.165, 1.54) is 6.42 Å². The lowest BCUT2D eigenvalue weighted by atomic mass is 10.0. The molecule has 2 fully saturated rings. The van der Waals surface area contributed by atoms with E-state index < -0.39 is 0 Å². The Morgan fingerprint density at radius 2 is 1.71 bits per heavy atom. The van der Waals surface area contributed by atoms with Crippen LogP contribution in [-0.2, 0) is 9.59 Å². The van der Waals surface area contributed by atoms with Gasteiger partial charge >= 0.3 is 0 Å². The van der Waals surface area contributed by atoms with Crippen LogP contribution in [0.15, 0.2) is 42.5 Å². The quantitative estimate of drug-likeness (QED) is 0.852. The number of nitrogens with zero attached hydrogens (tertiary/aromatic N) is 2. The maximum absolute atomic E-state index is 12.7. The van der Waals surface area contributed by atoms with Crippen molar-refractivity contribution in [3.05, 3.63) is 42.5 Å². The highest BCUT2D eigenvalue weighted by Crippen LogP contribution is 2.32. The topological polar surface area (TPSA) is 40.6 Å². The number of fused-ring (bicyclic) bond motifs is 1. The van der Waals surface area contributed by atoms with E-state index in [0.717, 1.165) is 42.4 Å². The van der Waals surface area contributed by atoms with Gasteiger partial charge in [-0.15, -0.1) is 0 Å². The average Bonchev–Trinajstić information content (AvgIpc) is 3.03. The van der Waals surface area contributed by atoms with Gasteiger partial charge in [0.15, 0.2) is 0 Å². The van der Waals surface area contributed by atoms with Crippen molar-refractivity contribution in [2.75, 3.05) is 24.5 Å². The van der Waals surface area contributed by atoms with E-state index in [0.29, 0.717) is 13.0 Å². The molecule has 2 saturated heterocycles. The normalized spacial score (nSPS) is 21.5. The zero-order chi connectivity index (χ0) is 16.5. The highest BCUT2D eigenvalue weighted by atomic mass is 16.2. The molecule has 4 rings (SSSR count). The monoisotopic (exact) mass is 322 g/mol. The van der Waals surface area contributed by atoms with Crippen molar-refractivity contribution in [3.63, 3.8) is 0 Å². The van der Waals surface area contributed by atoms with Crippen LogP contribution in [0, 0.1) is 5.92 Å². The lowest BCUT2D eigenvalue weighted by molar-refractivity contribution is -0.136. The molecule has 124 valence electrons. The Morgan fingerprint density at radius 3 is 2.54 bits per heavy atom. The Morgan fingerprint density at radius 1 is 0.958 bits per heavy atom. The third-order valence-corrected chi connectivity index (χ3v) is 5.20. The molecule has 0 unspecified atom stereocenters. The number of carbonyl (C=O) groups is 2. The summed E-state index contributed by atoms with van der Waals surface area (Å²) in [6.45, 7) is 2.19. The summed E-state index contributed by atoms with van der Waals surface area (Å²) >= 11 is 0. The number of amides is 2. The van der Waals surface area contributed by atoms with Crippen LogP contribution in [0.3, 0.4) is 0 Å². The SMILES string of the molecule is O=C([C@H]1CC(=O)N(c2cccc3ccccc23)C1)N1CCCCC1. The van der Waals surface area contributed by atoms with Gasteiger partial charge in [-0.1, -0.05) is 36.4 Å². The van der Waals surface area contributed by atoms with Crippen molar-refractivity contribution in [3.8, 4) is 0 Å². The molecule has 2 aromatic carbocycles. The summed E-state index contributed by atoms with van der Waals surface area (Å²) < 4.78 is 0. The van der Waals surface area contributed by atoms with E-state index in [1.54, 1.807) is 4.90 Å². The first kappa shape index (κ1) is 15.2. The third-order valence-electron chi connectivity index (χ3n) is 5.20. The van der Waals surface area contributed by atoms with Crippen LogP contribution in [0.25, 0.3) is 10.8 Å². The van der Waals surface area contributed by atoms with Gasteiger partial charge in [0.2, 0.25) is 11.8 Å². The molecule has 1 atom stereocenters. The predicted octanol–water partition coefficient (Wildman–Crippen LogP) is 3.21. The van der Waals surface area contributed by atoms with Gasteiger partial charge < -0.3 is 9.80 Å². The van der Waals surface area contributed by atoms with E-state index >= 15 is 0 Å². The number of likely N-dealkylation sites (tertiary alicyclic amines) is 1. The summed E-state index contributed by atoms with van der Waals surface area (Å²) in [6, 6.07) is 14.1. The van der Waals surface area contributed by atoms with Crippen LogP contribution in [0.4, 0.5) is 5.69 Å². The summed E-state index contributed by atoms with van der Waals surface area (Å²) in [4.78, 5) is 29.1. The highest BCUT2D eigenvalue weighted by molar-refractivity contribution is 6.06. The van der Waals surface area contributed by atoms with Crippen LogP contribution < -0.4 is 4.90 Å². The number of benzene rings is 2. The zero-order valence-electron chi connectivity index (χ0n) is 13.8. The van der Waals surface area contributed by atoms with Crippen LogP contribution in [0.2, 0.25) is 0 Å². The zero-order valence-corrected chi connectivity index (χ0v) is 13.8. The minimum Gasteiger partial charge on any atom is -0.342 e. The summed E-state index contributed by atoms with van der Waals surface area (Å²) in [7, 11) is 0. The Kier molecular flexibility index (Phi) is 3.97. The van der Waals surface area contributed by atoms with Gasteiger partial charge in [0, 0.05) is 31.4 Å². The van der Waals surface area contributed by atoms with Crippen molar-refractivity contribution < 1.29 is 9.59 Å². The number of hydrogen-bond acceptors (Lipinski definition) is 2. The molecule has 0 radical (unpaired) electrons. The van der Waals surface area contributed by atoms with E-state index in [4.69, 9.17) is 0 Å². The van der Waals surface area contributed by atoms with Gasteiger partial charge in [0.25, 0.3) is 0 Å². The Balaban J connectivity index is 1.58. The first-order valence-electron chi connectivity index (χ1n) is 8.81. The Labute approximate surface area is 142 Å². The molecule has 0 N–H and O–H groups in total. The van der Waals surface area contributed by atoms with Crippen molar-refractivity contribution >= 4 is 28.3 Å². The maximum atomic E-state index is 12.7. The Hall–Kier alpha value is -2.36. The summed E-state index contributed by atoms with van der Waals surface area (Å²) in [5.74, 6) is 0.0158. The largest absolute Gasteiger partial charge is 0.342 e. The molecule has 4 nitrogen and oxygen atoms in total. The molecule has 2 aromatic rings. The minimum atomic E-state index is -0.199. The Bertz CT molecular complexity index is 775.